The lowest BCUT2D eigenvalue weighted by atomic mass is 10.1. The van der Waals surface area contributed by atoms with Crippen LogP contribution in [0, 0.1) is 13.8 Å². The highest BCUT2D eigenvalue weighted by Crippen LogP contribution is 2.20. The fraction of sp³-hybridized carbons (Fsp3) is 0.692. The van der Waals surface area contributed by atoms with E-state index in [4.69, 9.17) is 0 Å². The first-order valence-electron chi connectivity index (χ1n) is 6.96. The Morgan fingerprint density at radius 2 is 2.00 bits per heavy atom. The summed E-state index contributed by atoms with van der Waals surface area (Å²) in [7, 11) is -3.11. The number of aromatic nitrogens is 2. The van der Waals surface area contributed by atoms with E-state index in [9.17, 15) is 8.42 Å². The molecule has 0 aliphatic carbocycles. The van der Waals surface area contributed by atoms with E-state index in [0.717, 1.165) is 43.1 Å². The van der Waals surface area contributed by atoms with Crippen molar-refractivity contribution in [2.24, 2.45) is 0 Å². The van der Waals surface area contributed by atoms with Crippen molar-refractivity contribution in [1.82, 2.24) is 14.7 Å². The van der Waals surface area contributed by atoms with Crippen molar-refractivity contribution in [2.45, 2.75) is 39.7 Å². The Hall–Kier alpha value is -1.21. The first kappa shape index (κ1) is 15.2. The second kappa shape index (κ2) is 6.05. The second-order valence-corrected chi connectivity index (χ2v) is 7.25. The third-order valence-corrected chi connectivity index (χ3v) is 5.02. The summed E-state index contributed by atoms with van der Waals surface area (Å²) in [5.41, 5.74) is 1.82. The Balaban J connectivity index is 1.99. The average Bonchev–Trinajstić information content (AvgIpc) is 2.42. The molecule has 0 spiro atoms. The molecule has 0 radical (unpaired) electrons. The number of hydrogen-bond donors (Lipinski definition) is 1. The summed E-state index contributed by atoms with van der Waals surface area (Å²) in [4.78, 5) is 11.1. The maximum Gasteiger partial charge on any atom is 0.211 e. The summed E-state index contributed by atoms with van der Waals surface area (Å²) >= 11 is 0. The SMILES string of the molecule is CCS(=O)(=O)NC1CCN(c2nc(C)cnc2C)CC1. The molecular weight excluding hydrogens is 276 g/mol. The van der Waals surface area contributed by atoms with E-state index < -0.39 is 10.0 Å². The molecule has 1 N–H and O–H groups in total. The Bertz CT molecular complexity index is 566. The number of sulfonamides is 1. The van der Waals surface area contributed by atoms with Crippen LogP contribution in [0.5, 0.6) is 0 Å². The predicted molar refractivity (Wildman–Crippen MR) is 79.3 cm³/mol. The highest BCUT2D eigenvalue weighted by Gasteiger charge is 2.24. The molecule has 1 aromatic rings. The van der Waals surface area contributed by atoms with Gasteiger partial charge in [-0.3, -0.25) is 4.98 Å². The number of anilines is 1. The molecule has 0 atom stereocenters. The van der Waals surface area contributed by atoms with E-state index >= 15 is 0 Å². The molecule has 1 saturated heterocycles. The van der Waals surface area contributed by atoms with Crippen molar-refractivity contribution in [2.75, 3.05) is 23.7 Å². The smallest absolute Gasteiger partial charge is 0.211 e. The highest BCUT2D eigenvalue weighted by atomic mass is 32.2. The van der Waals surface area contributed by atoms with Crippen molar-refractivity contribution >= 4 is 15.8 Å². The second-order valence-electron chi connectivity index (χ2n) is 5.20. The van der Waals surface area contributed by atoms with Gasteiger partial charge >= 0.3 is 0 Å². The van der Waals surface area contributed by atoms with Gasteiger partial charge in [0.25, 0.3) is 0 Å². The molecule has 0 unspecified atom stereocenters. The van der Waals surface area contributed by atoms with E-state index in [1.165, 1.54) is 0 Å². The number of aryl methyl sites for hydroxylation is 2. The summed E-state index contributed by atoms with van der Waals surface area (Å²) in [5, 5.41) is 0. The number of nitrogens with one attached hydrogen (secondary N) is 1. The molecule has 1 aliphatic heterocycles. The number of rotatable bonds is 4. The van der Waals surface area contributed by atoms with Gasteiger partial charge in [-0.2, -0.15) is 0 Å². The minimum Gasteiger partial charge on any atom is -0.355 e. The minimum absolute atomic E-state index is 0.0364. The zero-order chi connectivity index (χ0) is 14.8. The van der Waals surface area contributed by atoms with Crippen LogP contribution in [0.4, 0.5) is 5.82 Å². The van der Waals surface area contributed by atoms with Crippen LogP contribution in [0.25, 0.3) is 0 Å². The molecule has 20 heavy (non-hydrogen) atoms. The van der Waals surface area contributed by atoms with Crippen molar-refractivity contribution in [1.29, 1.82) is 0 Å². The monoisotopic (exact) mass is 298 g/mol. The summed E-state index contributed by atoms with van der Waals surface area (Å²) < 4.78 is 25.9. The van der Waals surface area contributed by atoms with E-state index in [1.54, 1.807) is 13.1 Å². The van der Waals surface area contributed by atoms with Crippen LogP contribution in [0.3, 0.4) is 0 Å². The van der Waals surface area contributed by atoms with Gasteiger partial charge in [0.05, 0.1) is 17.1 Å². The molecular formula is C13H22N4O2S. The number of hydrogen-bond acceptors (Lipinski definition) is 5. The molecule has 1 aliphatic rings. The van der Waals surface area contributed by atoms with Crippen molar-refractivity contribution in [3.05, 3.63) is 17.6 Å². The molecule has 2 rings (SSSR count). The van der Waals surface area contributed by atoms with Gasteiger partial charge in [-0.25, -0.2) is 18.1 Å². The largest absolute Gasteiger partial charge is 0.355 e. The average molecular weight is 298 g/mol. The van der Waals surface area contributed by atoms with Crippen LogP contribution in [0.2, 0.25) is 0 Å². The molecule has 1 fully saturated rings. The third kappa shape index (κ3) is 3.67. The van der Waals surface area contributed by atoms with Crippen LogP contribution < -0.4 is 9.62 Å². The zero-order valence-electron chi connectivity index (χ0n) is 12.3. The standard InChI is InChI=1S/C13H22N4O2S/c1-4-20(18,19)16-12-5-7-17(8-6-12)13-11(3)14-9-10(2)15-13/h9,12,16H,4-8H2,1-3H3. The minimum atomic E-state index is -3.11. The molecule has 7 heteroatoms. The van der Waals surface area contributed by atoms with E-state index in [-0.39, 0.29) is 11.8 Å². The third-order valence-electron chi connectivity index (χ3n) is 3.57. The van der Waals surface area contributed by atoms with E-state index in [2.05, 4.69) is 19.6 Å². The lowest BCUT2D eigenvalue weighted by Gasteiger charge is -2.33. The zero-order valence-corrected chi connectivity index (χ0v) is 13.1. The fourth-order valence-electron chi connectivity index (χ4n) is 2.37. The van der Waals surface area contributed by atoms with Gasteiger partial charge in [0, 0.05) is 25.3 Å². The van der Waals surface area contributed by atoms with Crippen molar-refractivity contribution < 1.29 is 8.42 Å². The van der Waals surface area contributed by atoms with Crippen LogP contribution in [0.15, 0.2) is 6.20 Å². The quantitative estimate of drug-likeness (QED) is 0.897. The molecule has 0 bridgehead atoms. The van der Waals surface area contributed by atoms with E-state index in [1.807, 2.05) is 13.8 Å². The Morgan fingerprint density at radius 3 is 2.60 bits per heavy atom. The van der Waals surface area contributed by atoms with Crippen LogP contribution in [0.1, 0.15) is 31.2 Å². The van der Waals surface area contributed by atoms with Gasteiger partial charge in [0.15, 0.2) is 0 Å². The lowest BCUT2D eigenvalue weighted by molar-refractivity contribution is 0.458. The first-order chi connectivity index (χ1) is 9.41. The van der Waals surface area contributed by atoms with Crippen LogP contribution in [-0.2, 0) is 10.0 Å². The Labute approximate surface area is 120 Å². The summed E-state index contributed by atoms with van der Waals surface area (Å²) in [6.45, 7) is 7.14. The van der Waals surface area contributed by atoms with Gasteiger partial charge in [0.1, 0.15) is 5.82 Å². The van der Waals surface area contributed by atoms with Crippen molar-refractivity contribution in [3.8, 4) is 0 Å². The first-order valence-corrected chi connectivity index (χ1v) is 8.61. The van der Waals surface area contributed by atoms with Gasteiger partial charge in [0.2, 0.25) is 10.0 Å². The molecule has 2 heterocycles. The highest BCUT2D eigenvalue weighted by molar-refractivity contribution is 7.89. The Morgan fingerprint density at radius 1 is 1.35 bits per heavy atom. The van der Waals surface area contributed by atoms with E-state index in [0.29, 0.717) is 0 Å². The molecule has 0 saturated carbocycles. The summed E-state index contributed by atoms with van der Waals surface area (Å²) in [5.74, 6) is 1.05. The summed E-state index contributed by atoms with van der Waals surface area (Å²) in [6, 6.07) is 0.0364. The van der Waals surface area contributed by atoms with Crippen LogP contribution in [-0.4, -0.2) is 43.3 Å². The van der Waals surface area contributed by atoms with Gasteiger partial charge in [-0.15, -0.1) is 0 Å². The molecule has 112 valence electrons. The molecule has 6 nitrogen and oxygen atoms in total. The maximum atomic E-state index is 11.6. The van der Waals surface area contributed by atoms with Crippen LogP contribution >= 0.6 is 0 Å². The van der Waals surface area contributed by atoms with Crippen molar-refractivity contribution in [3.63, 3.8) is 0 Å². The summed E-state index contributed by atoms with van der Waals surface area (Å²) in [6.07, 6.45) is 3.36. The molecule has 0 amide bonds. The lowest BCUT2D eigenvalue weighted by Crippen LogP contribution is -2.45. The maximum absolute atomic E-state index is 11.6. The number of piperidine rings is 1. The Kier molecular flexibility index (Phi) is 4.59. The number of nitrogens with zero attached hydrogens (tertiary/aromatic N) is 3. The van der Waals surface area contributed by atoms with Gasteiger partial charge in [-0.1, -0.05) is 0 Å². The topological polar surface area (TPSA) is 75.2 Å². The van der Waals surface area contributed by atoms with Gasteiger partial charge < -0.3 is 4.90 Å². The van der Waals surface area contributed by atoms with Gasteiger partial charge in [-0.05, 0) is 33.6 Å². The normalized spacial score (nSPS) is 17.4. The fourth-order valence-corrected chi connectivity index (χ4v) is 3.28. The predicted octanol–water partition coefficient (Wildman–Crippen LogP) is 1.00. The molecule has 1 aromatic heterocycles. The molecule has 0 aromatic carbocycles.